The summed E-state index contributed by atoms with van der Waals surface area (Å²) in [5.41, 5.74) is 0. The van der Waals surface area contributed by atoms with Gasteiger partial charge in [-0.3, -0.25) is 4.21 Å². The fourth-order valence-corrected chi connectivity index (χ4v) is 2.36. The molecule has 0 aliphatic heterocycles. The van der Waals surface area contributed by atoms with Crippen LogP contribution in [-0.2, 0) is 10.8 Å². The van der Waals surface area contributed by atoms with Gasteiger partial charge in [0.2, 0.25) is 0 Å². The normalized spacial score (nSPS) is 11.6. The zero-order valence-electron chi connectivity index (χ0n) is 10.4. The van der Waals surface area contributed by atoms with E-state index < -0.39 is 10.8 Å². The summed E-state index contributed by atoms with van der Waals surface area (Å²) in [4.78, 5) is 0.868. The zero-order chi connectivity index (χ0) is 12.3. The van der Waals surface area contributed by atoms with Crippen LogP contribution >= 0.6 is 0 Å². The third-order valence-corrected chi connectivity index (χ3v) is 3.69. The van der Waals surface area contributed by atoms with Gasteiger partial charge in [0.1, 0.15) is 0 Å². The van der Waals surface area contributed by atoms with Gasteiger partial charge in [0.25, 0.3) is 0 Å². The van der Waals surface area contributed by atoms with Gasteiger partial charge in [-0.15, -0.1) is 5.92 Å². The van der Waals surface area contributed by atoms with Crippen LogP contribution in [0.4, 0.5) is 0 Å². The van der Waals surface area contributed by atoms with Crippen LogP contribution in [0.2, 0.25) is 0 Å². The minimum atomic E-state index is -0.966. The van der Waals surface area contributed by atoms with Crippen LogP contribution in [0.1, 0.15) is 39.0 Å². The van der Waals surface area contributed by atoms with Crippen molar-refractivity contribution in [1.82, 2.24) is 0 Å². The Morgan fingerprint density at radius 2 is 1.82 bits per heavy atom. The lowest BCUT2D eigenvalue weighted by molar-refractivity contribution is 0.679. The maximum atomic E-state index is 11.8. The molecule has 1 aromatic carbocycles. The molecule has 1 aromatic rings. The third-order valence-electron chi connectivity index (χ3n) is 2.49. The van der Waals surface area contributed by atoms with Crippen LogP contribution in [0.15, 0.2) is 35.2 Å². The van der Waals surface area contributed by atoms with Crippen LogP contribution in [0.3, 0.4) is 0 Å². The summed E-state index contributed by atoms with van der Waals surface area (Å²) in [5.74, 6) is 6.57. The van der Waals surface area contributed by atoms with Crippen LogP contribution in [0.25, 0.3) is 0 Å². The largest absolute Gasteiger partial charge is 0.253 e. The van der Waals surface area contributed by atoms with Crippen molar-refractivity contribution in [2.75, 3.05) is 5.75 Å². The van der Waals surface area contributed by atoms with E-state index in [2.05, 4.69) is 18.8 Å². The Morgan fingerprint density at radius 3 is 2.53 bits per heavy atom. The molecule has 0 fully saturated rings. The first-order valence-electron chi connectivity index (χ1n) is 6.23. The summed E-state index contributed by atoms with van der Waals surface area (Å²) >= 11 is 0. The van der Waals surface area contributed by atoms with E-state index in [4.69, 9.17) is 0 Å². The number of rotatable bonds is 6. The minimum Gasteiger partial charge on any atom is -0.253 e. The van der Waals surface area contributed by atoms with Gasteiger partial charge in [0.15, 0.2) is 0 Å². The Morgan fingerprint density at radius 1 is 1.06 bits per heavy atom. The molecule has 0 aromatic heterocycles. The quantitative estimate of drug-likeness (QED) is 0.553. The monoisotopic (exact) mass is 248 g/mol. The molecule has 1 nitrogen and oxygen atoms in total. The van der Waals surface area contributed by atoms with Crippen LogP contribution in [-0.4, -0.2) is 9.96 Å². The van der Waals surface area contributed by atoms with Gasteiger partial charge in [-0.25, -0.2) is 0 Å². The van der Waals surface area contributed by atoms with Gasteiger partial charge in [0, 0.05) is 11.3 Å². The molecule has 0 saturated carbocycles. The maximum Gasteiger partial charge on any atom is 0.0893 e. The molecule has 2 heteroatoms. The lowest BCUT2D eigenvalue weighted by atomic mass is 10.2. The molecule has 0 aliphatic rings. The lowest BCUT2D eigenvalue weighted by Gasteiger charge is -1.96. The second kappa shape index (κ2) is 9.01. The highest BCUT2D eigenvalue weighted by Crippen LogP contribution is 2.05. The predicted octanol–water partition coefficient (Wildman–Crippen LogP) is 3.77. The SMILES string of the molecule is CCCCCCC#CCS(=O)c1ccccc1. The van der Waals surface area contributed by atoms with E-state index in [1.807, 2.05) is 30.3 Å². The molecule has 1 rings (SSSR count). The van der Waals surface area contributed by atoms with Gasteiger partial charge >= 0.3 is 0 Å². The molecule has 0 N–H and O–H groups in total. The molecule has 0 heterocycles. The first-order chi connectivity index (χ1) is 8.34. The van der Waals surface area contributed by atoms with E-state index in [-0.39, 0.29) is 0 Å². The first kappa shape index (κ1) is 14.0. The number of benzene rings is 1. The van der Waals surface area contributed by atoms with Gasteiger partial charge in [-0.1, -0.05) is 50.3 Å². The second-order valence-corrected chi connectivity index (χ2v) is 5.42. The summed E-state index contributed by atoms with van der Waals surface area (Å²) in [7, 11) is -0.966. The van der Waals surface area contributed by atoms with Crippen molar-refractivity contribution in [2.24, 2.45) is 0 Å². The molecule has 1 atom stereocenters. The average Bonchev–Trinajstić information content (AvgIpc) is 2.38. The smallest absolute Gasteiger partial charge is 0.0893 e. The predicted molar refractivity (Wildman–Crippen MR) is 74.3 cm³/mol. The molecule has 1 unspecified atom stereocenters. The molecule has 0 saturated heterocycles. The summed E-state index contributed by atoms with van der Waals surface area (Å²) in [6, 6.07) is 9.52. The second-order valence-electron chi connectivity index (χ2n) is 3.97. The maximum absolute atomic E-state index is 11.8. The Hall–Kier alpha value is -1.07. The van der Waals surface area contributed by atoms with E-state index in [1.54, 1.807) is 0 Å². The Bertz CT molecular complexity index is 386. The fraction of sp³-hybridized carbons (Fsp3) is 0.467. The first-order valence-corrected chi connectivity index (χ1v) is 7.55. The summed E-state index contributed by atoms with van der Waals surface area (Å²) in [6.45, 7) is 2.20. The Balaban J connectivity index is 2.22. The molecule has 17 heavy (non-hydrogen) atoms. The van der Waals surface area contributed by atoms with Gasteiger partial charge in [0.05, 0.1) is 16.6 Å². The summed E-state index contributed by atoms with van der Waals surface area (Å²) in [6.07, 6.45) is 5.90. The highest BCUT2D eigenvalue weighted by atomic mass is 32.2. The van der Waals surface area contributed by atoms with Crippen molar-refractivity contribution in [1.29, 1.82) is 0 Å². The van der Waals surface area contributed by atoms with Crippen LogP contribution in [0, 0.1) is 11.8 Å². The molecule has 0 aliphatic carbocycles. The fourth-order valence-electron chi connectivity index (χ4n) is 1.50. The van der Waals surface area contributed by atoms with Gasteiger partial charge in [-0.2, -0.15) is 0 Å². The number of hydrogen-bond donors (Lipinski definition) is 0. The van der Waals surface area contributed by atoms with E-state index in [0.717, 1.165) is 11.3 Å². The Kier molecular flexibility index (Phi) is 7.42. The molecule has 0 amide bonds. The minimum absolute atomic E-state index is 0.456. The molecule has 0 spiro atoms. The number of unbranched alkanes of at least 4 members (excludes halogenated alkanes) is 4. The van der Waals surface area contributed by atoms with E-state index in [1.165, 1.54) is 25.7 Å². The molecular weight excluding hydrogens is 228 g/mol. The van der Waals surface area contributed by atoms with Gasteiger partial charge < -0.3 is 0 Å². The highest BCUT2D eigenvalue weighted by Gasteiger charge is 1.98. The van der Waals surface area contributed by atoms with Crippen molar-refractivity contribution in [3.63, 3.8) is 0 Å². The lowest BCUT2D eigenvalue weighted by Crippen LogP contribution is -1.94. The van der Waals surface area contributed by atoms with Crippen molar-refractivity contribution in [3.8, 4) is 11.8 Å². The molecule has 92 valence electrons. The topological polar surface area (TPSA) is 17.1 Å². The molecule has 0 bridgehead atoms. The van der Waals surface area contributed by atoms with E-state index in [9.17, 15) is 4.21 Å². The van der Waals surface area contributed by atoms with E-state index in [0.29, 0.717) is 5.75 Å². The van der Waals surface area contributed by atoms with Crippen LogP contribution in [0.5, 0.6) is 0 Å². The zero-order valence-corrected chi connectivity index (χ0v) is 11.3. The molecular formula is C15H20OS. The standard InChI is InChI=1S/C15H20OS/c1-2-3-4-5-6-7-11-14-17(16)15-12-9-8-10-13-15/h8-10,12-13H,2-6,14H2,1H3. The van der Waals surface area contributed by atoms with Crippen molar-refractivity contribution < 1.29 is 4.21 Å². The number of hydrogen-bond acceptors (Lipinski definition) is 1. The summed E-state index contributed by atoms with van der Waals surface area (Å²) < 4.78 is 11.8. The van der Waals surface area contributed by atoms with Crippen molar-refractivity contribution >= 4 is 10.8 Å². The highest BCUT2D eigenvalue weighted by molar-refractivity contribution is 7.85. The molecule has 0 radical (unpaired) electrons. The van der Waals surface area contributed by atoms with Crippen LogP contribution < -0.4 is 0 Å². The van der Waals surface area contributed by atoms with Crippen molar-refractivity contribution in [2.45, 2.75) is 43.9 Å². The van der Waals surface area contributed by atoms with E-state index >= 15 is 0 Å². The third kappa shape index (κ3) is 6.28. The van der Waals surface area contributed by atoms with Gasteiger partial charge in [-0.05, 0) is 18.6 Å². The van der Waals surface area contributed by atoms with Crippen molar-refractivity contribution in [3.05, 3.63) is 30.3 Å². The summed E-state index contributed by atoms with van der Waals surface area (Å²) in [5, 5.41) is 0. The average molecular weight is 248 g/mol. The Labute approximate surface area is 107 Å².